The molecule has 0 aromatic heterocycles. The maximum absolute atomic E-state index is 12.9. The van der Waals surface area contributed by atoms with Gasteiger partial charge in [-0.25, -0.2) is 0 Å². The van der Waals surface area contributed by atoms with Crippen molar-refractivity contribution in [2.75, 3.05) is 26.6 Å². The number of carbonyl (C=O) groups excluding carboxylic acids is 1. The number of hydrogen-bond acceptors (Lipinski definition) is 5. The van der Waals surface area contributed by atoms with Crippen molar-refractivity contribution < 1.29 is 19.0 Å². The van der Waals surface area contributed by atoms with E-state index in [1.165, 1.54) is 33.5 Å². The number of nitrogens with one attached hydrogen (secondary N) is 3. The van der Waals surface area contributed by atoms with Crippen molar-refractivity contribution in [3.63, 3.8) is 0 Å². The van der Waals surface area contributed by atoms with E-state index in [1.54, 1.807) is 18.2 Å². The summed E-state index contributed by atoms with van der Waals surface area (Å²) in [5.74, 6) is 0.286. The summed E-state index contributed by atoms with van der Waals surface area (Å²) in [6, 6.07) is 7.68. The zero-order valence-electron chi connectivity index (χ0n) is 16.9. The normalized spacial score (nSPS) is 11.9. The summed E-state index contributed by atoms with van der Waals surface area (Å²) in [5, 5.41) is 8.97. The average molecular weight is 562 g/mol. The highest BCUT2D eigenvalue weighted by Crippen LogP contribution is 2.38. The van der Waals surface area contributed by atoms with Crippen LogP contribution in [0.3, 0.4) is 0 Å². The van der Waals surface area contributed by atoms with Gasteiger partial charge < -0.3 is 30.2 Å². The van der Waals surface area contributed by atoms with E-state index in [-0.39, 0.29) is 22.2 Å². The Morgan fingerprint density at radius 2 is 1.56 bits per heavy atom. The molecule has 0 saturated carbocycles. The highest BCUT2D eigenvalue weighted by Gasteiger charge is 2.35. The van der Waals surface area contributed by atoms with Crippen molar-refractivity contribution in [3.8, 4) is 17.2 Å². The lowest BCUT2D eigenvalue weighted by atomic mass is 10.1. The van der Waals surface area contributed by atoms with Gasteiger partial charge in [0.25, 0.3) is 5.91 Å². The third-order valence-corrected chi connectivity index (χ3v) is 5.42. The highest BCUT2D eigenvalue weighted by molar-refractivity contribution is 7.80. The minimum atomic E-state index is -1.97. The van der Waals surface area contributed by atoms with Crippen LogP contribution in [0.2, 0.25) is 10.0 Å². The summed E-state index contributed by atoms with van der Waals surface area (Å²) in [6.45, 7) is 0. The predicted molar refractivity (Wildman–Crippen MR) is 133 cm³/mol. The SMILES string of the molecule is COc1cc(C(=O)NC(NC(=S)Nc2cc(Cl)ccc2Cl)C(Cl)(Cl)Cl)cc(OC)c1OC. The summed E-state index contributed by atoms with van der Waals surface area (Å²) in [7, 11) is 4.30. The first-order valence-corrected chi connectivity index (χ1v) is 11.0. The van der Waals surface area contributed by atoms with Crippen molar-refractivity contribution in [1.82, 2.24) is 10.6 Å². The standard InChI is InChI=1S/C19H18Cl5N3O4S/c1-29-13-6-9(7-14(30-2)15(13)31-3)16(28)26-17(19(22,23)24)27-18(32)25-12-8-10(20)4-5-11(12)21/h4-8,17H,1-3H3,(H,26,28)(H2,25,27,32). The second-order valence-corrected chi connectivity index (χ2v) is 9.71. The molecule has 13 heteroatoms. The number of anilines is 1. The van der Waals surface area contributed by atoms with Crippen molar-refractivity contribution in [3.05, 3.63) is 45.9 Å². The van der Waals surface area contributed by atoms with Gasteiger partial charge in [-0.2, -0.15) is 0 Å². The predicted octanol–water partition coefficient (Wildman–Crippen LogP) is 5.43. The minimum Gasteiger partial charge on any atom is -0.493 e. The van der Waals surface area contributed by atoms with E-state index in [0.29, 0.717) is 21.5 Å². The zero-order valence-corrected chi connectivity index (χ0v) is 21.5. The third kappa shape index (κ3) is 6.97. The number of methoxy groups -OCH3 is 3. The molecular formula is C19H18Cl5N3O4S. The molecule has 0 radical (unpaired) electrons. The molecule has 0 heterocycles. The number of hydrogen-bond donors (Lipinski definition) is 3. The quantitative estimate of drug-likeness (QED) is 0.236. The number of ether oxygens (including phenoxy) is 3. The Morgan fingerprint density at radius 1 is 0.969 bits per heavy atom. The first kappa shape index (κ1) is 26.7. The molecule has 0 spiro atoms. The number of benzene rings is 2. The molecule has 32 heavy (non-hydrogen) atoms. The van der Waals surface area contributed by atoms with Gasteiger partial charge in [0, 0.05) is 10.6 Å². The molecule has 0 aliphatic rings. The van der Waals surface area contributed by atoms with Crippen LogP contribution in [0.4, 0.5) is 5.69 Å². The van der Waals surface area contributed by atoms with Crippen molar-refractivity contribution in [2.24, 2.45) is 0 Å². The molecular weight excluding hydrogens is 544 g/mol. The molecule has 2 aromatic carbocycles. The number of amides is 1. The molecule has 0 saturated heterocycles. The molecule has 2 aromatic rings. The summed E-state index contributed by atoms with van der Waals surface area (Å²) in [4.78, 5) is 12.9. The second-order valence-electron chi connectivity index (χ2n) is 6.08. The van der Waals surface area contributed by atoms with Gasteiger partial charge in [0.2, 0.25) is 9.54 Å². The molecule has 2 rings (SSSR count). The second kappa shape index (κ2) is 11.5. The zero-order chi connectivity index (χ0) is 24.1. The van der Waals surface area contributed by atoms with Crippen LogP contribution < -0.4 is 30.2 Å². The lowest BCUT2D eigenvalue weighted by molar-refractivity contribution is 0.0933. The fraction of sp³-hybridized carbons (Fsp3) is 0.263. The van der Waals surface area contributed by atoms with Crippen molar-refractivity contribution in [2.45, 2.75) is 9.96 Å². The van der Waals surface area contributed by atoms with Crippen molar-refractivity contribution >= 4 is 86.9 Å². The van der Waals surface area contributed by atoms with Gasteiger partial charge in [-0.1, -0.05) is 58.0 Å². The fourth-order valence-corrected chi connectivity index (χ4v) is 3.40. The van der Waals surface area contributed by atoms with E-state index >= 15 is 0 Å². The van der Waals surface area contributed by atoms with Crippen molar-refractivity contribution in [1.29, 1.82) is 0 Å². The van der Waals surface area contributed by atoms with Gasteiger partial charge in [0.15, 0.2) is 16.6 Å². The van der Waals surface area contributed by atoms with Crippen LogP contribution in [0, 0.1) is 0 Å². The summed E-state index contributed by atoms with van der Waals surface area (Å²) in [5.41, 5.74) is 0.591. The summed E-state index contributed by atoms with van der Waals surface area (Å²) < 4.78 is 13.8. The molecule has 3 N–H and O–H groups in total. The molecule has 174 valence electrons. The van der Waals surface area contributed by atoms with Gasteiger partial charge in [-0.15, -0.1) is 0 Å². The van der Waals surface area contributed by atoms with Gasteiger partial charge in [0.05, 0.1) is 32.0 Å². The molecule has 1 amide bonds. The molecule has 0 aliphatic carbocycles. The van der Waals surface area contributed by atoms with E-state index in [9.17, 15) is 4.79 Å². The Hall–Kier alpha value is -1.55. The first-order chi connectivity index (χ1) is 15.0. The molecule has 0 fully saturated rings. The third-order valence-electron chi connectivity index (χ3n) is 3.98. The fourth-order valence-electron chi connectivity index (χ4n) is 2.51. The Labute approximate surface area is 215 Å². The summed E-state index contributed by atoms with van der Waals surface area (Å²) in [6.07, 6.45) is -1.22. The Kier molecular flexibility index (Phi) is 9.63. The van der Waals surface area contributed by atoms with Gasteiger partial charge in [0.1, 0.15) is 6.17 Å². The molecule has 0 aliphatic heterocycles. The first-order valence-electron chi connectivity index (χ1n) is 8.70. The Balaban J connectivity index is 2.23. The van der Waals surface area contributed by atoms with Crippen LogP contribution in [0.25, 0.3) is 0 Å². The molecule has 1 unspecified atom stereocenters. The maximum Gasteiger partial charge on any atom is 0.253 e. The number of halogens is 5. The van der Waals surface area contributed by atoms with Crippen LogP contribution in [0.5, 0.6) is 17.2 Å². The number of carbonyl (C=O) groups is 1. The average Bonchev–Trinajstić information content (AvgIpc) is 2.73. The minimum absolute atomic E-state index is 0.0238. The highest BCUT2D eigenvalue weighted by atomic mass is 35.6. The van der Waals surface area contributed by atoms with Crippen LogP contribution >= 0.6 is 70.2 Å². The van der Waals surface area contributed by atoms with Gasteiger partial charge in [-0.3, -0.25) is 4.79 Å². The smallest absolute Gasteiger partial charge is 0.253 e. The Bertz CT molecular complexity index is 978. The topological polar surface area (TPSA) is 80.9 Å². The van der Waals surface area contributed by atoms with E-state index < -0.39 is 15.9 Å². The van der Waals surface area contributed by atoms with E-state index in [0.717, 1.165) is 0 Å². The van der Waals surface area contributed by atoms with E-state index in [2.05, 4.69) is 16.0 Å². The molecule has 0 bridgehead atoms. The van der Waals surface area contributed by atoms with Crippen LogP contribution in [0.15, 0.2) is 30.3 Å². The van der Waals surface area contributed by atoms with E-state index in [4.69, 9.17) is 84.4 Å². The molecule has 1 atom stereocenters. The lowest BCUT2D eigenvalue weighted by Crippen LogP contribution is -2.56. The lowest BCUT2D eigenvalue weighted by Gasteiger charge is -2.28. The van der Waals surface area contributed by atoms with Gasteiger partial charge >= 0.3 is 0 Å². The van der Waals surface area contributed by atoms with Gasteiger partial charge in [-0.05, 0) is 42.5 Å². The Morgan fingerprint density at radius 3 is 2.06 bits per heavy atom. The monoisotopic (exact) mass is 559 g/mol. The molecule has 7 nitrogen and oxygen atoms in total. The number of alkyl halides is 3. The van der Waals surface area contributed by atoms with Crippen LogP contribution in [-0.2, 0) is 0 Å². The van der Waals surface area contributed by atoms with Crippen LogP contribution in [-0.4, -0.2) is 42.3 Å². The number of thiocarbonyl (C=S) groups is 1. The number of rotatable bonds is 7. The maximum atomic E-state index is 12.9. The largest absolute Gasteiger partial charge is 0.493 e. The summed E-state index contributed by atoms with van der Waals surface area (Å²) >= 11 is 35.5. The van der Waals surface area contributed by atoms with E-state index in [1.807, 2.05) is 0 Å². The van der Waals surface area contributed by atoms with Crippen LogP contribution in [0.1, 0.15) is 10.4 Å².